The first-order valence-corrected chi connectivity index (χ1v) is 12.3. The van der Waals surface area contributed by atoms with Gasteiger partial charge in [0.2, 0.25) is 0 Å². The molecule has 0 rings (SSSR count). The van der Waals surface area contributed by atoms with Gasteiger partial charge in [-0.05, 0) is 0 Å². The Morgan fingerprint density at radius 2 is 1.00 bits per heavy atom. The summed E-state index contributed by atoms with van der Waals surface area (Å²) in [7, 11) is 0. The first-order chi connectivity index (χ1) is 7.20. The normalized spacial score (nSPS) is 12.4. The molecule has 0 N–H and O–H groups in total. The third kappa shape index (κ3) is 4.48. The molecular weight excluding hydrogens is 243 g/mol. The summed E-state index contributed by atoms with van der Waals surface area (Å²) in [5, 5.41) is 4.68. The third-order valence-corrected chi connectivity index (χ3v) is 16.7. The second-order valence-corrected chi connectivity index (χ2v) is 14.3. The Morgan fingerprint density at radius 3 is 1.20 bits per heavy atom. The maximum atomic E-state index is 2.89. The summed E-state index contributed by atoms with van der Waals surface area (Å²) in [6.07, 6.45) is 4.20. The fourth-order valence-corrected chi connectivity index (χ4v) is 15.4. The molecule has 0 aliphatic carbocycles. The molecule has 0 saturated heterocycles. The Bertz CT molecular complexity index is 126. The van der Waals surface area contributed by atoms with E-state index in [9.17, 15) is 0 Å². The molecule has 0 saturated carbocycles. The number of hydrogen-bond acceptors (Lipinski definition) is 1. The Kier molecular flexibility index (Phi) is 8.92. The van der Waals surface area contributed by atoms with Crippen LogP contribution in [0, 0.1) is 0 Å². The molecule has 0 heterocycles. The summed E-state index contributed by atoms with van der Waals surface area (Å²) >= 11 is -1.65. The van der Waals surface area contributed by atoms with Crippen LogP contribution in [-0.4, -0.2) is 30.4 Å². The molecule has 0 fully saturated rings. The second kappa shape index (κ2) is 8.63. The average Bonchev–Trinajstić information content (AvgIpc) is 2.20. The van der Waals surface area contributed by atoms with Crippen molar-refractivity contribution in [2.45, 2.75) is 69.6 Å². The van der Waals surface area contributed by atoms with Crippen LogP contribution in [0.3, 0.4) is 0 Å². The van der Waals surface area contributed by atoms with E-state index in [1.807, 2.05) is 0 Å². The van der Waals surface area contributed by atoms with Crippen LogP contribution in [0.1, 0.15) is 53.9 Å². The van der Waals surface area contributed by atoms with Crippen molar-refractivity contribution in [2.75, 3.05) is 13.1 Å². The zero-order valence-electron chi connectivity index (χ0n) is 11.6. The number of nitrogens with zero attached hydrogens (tertiary/aromatic N) is 1. The SMILES string of the molecule is CC[CH2][Ge]([CH2]CC)([CH2]CC)[N](CC)CC. The first kappa shape index (κ1) is 15.5. The molecule has 0 aromatic rings. The molecule has 0 bridgehead atoms. The van der Waals surface area contributed by atoms with Gasteiger partial charge in [-0.15, -0.1) is 0 Å². The maximum absolute atomic E-state index is 2.89. The predicted molar refractivity (Wildman–Crippen MR) is 74.0 cm³/mol. The van der Waals surface area contributed by atoms with Gasteiger partial charge in [-0.25, -0.2) is 0 Å². The standard InChI is InChI=1S/C13H31GeN/c1-6-11-14(12-7-2,13-8-3)15(9-4)10-5/h6-13H2,1-5H3. The second-order valence-electron chi connectivity index (χ2n) is 4.65. The van der Waals surface area contributed by atoms with E-state index < -0.39 is 13.5 Å². The van der Waals surface area contributed by atoms with Crippen molar-refractivity contribution in [3.05, 3.63) is 0 Å². The van der Waals surface area contributed by atoms with E-state index in [2.05, 4.69) is 38.5 Å². The summed E-state index contributed by atoms with van der Waals surface area (Å²) in [5.74, 6) is 0. The van der Waals surface area contributed by atoms with Crippen LogP contribution in [0.4, 0.5) is 0 Å². The Labute approximate surface area is 100 Å². The van der Waals surface area contributed by atoms with Crippen LogP contribution in [0.25, 0.3) is 0 Å². The van der Waals surface area contributed by atoms with Gasteiger partial charge in [-0.2, -0.15) is 0 Å². The van der Waals surface area contributed by atoms with Gasteiger partial charge < -0.3 is 0 Å². The molecule has 0 aromatic heterocycles. The van der Waals surface area contributed by atoms with E-state index in [1.165, 1.54) is 32.4 Å². The van der Waals surface area contributed by atoms with Gasteiger partial charge >= 0.3 is 100 Å². The summed E-state index contributed by atoms with van der Waals surface area (Å²) in [4.78, 5) is 0. The van der Waals surface area contributed by atoms with Gasteiger partial charge in [0, 0.05) is 0 Å². The molecule has 0 aromatic carbocycles. The molecular formula is C13H31GeN. The minimum absolute atomic E-state index is 1.29. The zero-order valence-corrected chi connectivity index (χ0v) is 13.7. The minimum atomic E-state index is -1.65. The van der Waals surface area contributed by atoms with Crippen molar-refractivity contribution in [1.82, 2.24) is 3.86 Å². The van der Waals surface area contributed by atoms with Crippen molar-refractivity contribution in [3.63, 3.8) is 0 Å². The van der Waals surface area contributed by atoms with Crippen LogP contribution in [0.5, 0.6) is 0 Å². The van der Waals surface area contributed by atoms with Crippen LogP contribution in [0.15, 0.2) is 0 Å². The molecule has 0 atom stereocenters. The molecule has 92 valence electrons. The van der Waals surface area contributed by atoms with Crippen molar-refractivity contribution < 1.29 is 0 Å². The Morgan fingerprint density at radius 1 is 0.667 bits per heavy atom. The molecule has 0 aliphatic rings. The Hall–Kier alpha value is 0.503. The van der Waals surface area contributed by atoms with E-state index in [4.69, 9.17) is 0 Å². The van der Waals surface area contributed by atoms with Crippen molar-refractivity contribution in [3.8, 4) is 0 Å². The van der Waals surface area contributed by atoms with Gasteiger partial charge in [0.25, 0.3) is 0 Å². The topological polar surface area (TPSA) is 3.24 Å². The Balaban J connectivity index is 4.71. The summed E-state index contributed by atoms with van der Waals surface area (Å²) in [6, 6.07) is 0. The zero-order chi connectivity index (χ0) is 11.7. The van der Waals surface area contributed by atoms with Gasteiger partial charge in [0.15, 0.2) is 0 Å². The predicted octanol–water partition coefficient (Wildman–Crippen LogP) is 4.50. The molecule has 0 unspecified atom stereocenters. The summed E-state index contributed by atoms with van der Waals surface area (Å²) < 4.78 is 2.89. The molecule has 0 aliphatic heterocycles. The van der Waals surface area contributed by atoms with E-state index >= 15 is 0 Å². The van der Waals surface area contributed by atoms with Crippen LogP contribution in [-0.2, 0) is 0 Å². The molecule has 0 radical (unpaired) electrons. The molecule has 15 heavy (non-hydrogen) atoms. The molecule has 2 heteroatoms. The average molecular weight is 274 g/mol. The molecule has 0 spiro atoms. The number of rotatable bonds is 9. The first-order valence-electron chi connectivity index (χ1n) is 6.95. The summed E-state index contributed by atoms with van der Waals surface area (Å²) in [5.41, 5.74) is 0. The van der Waals surface area contributed by atoms with Crippen molar-refractivity contribution in [2.24, 2.45) is 0 Å². The fraction of sp³-hybridized carbons (Fsp3) is 1.00. The number of hydrogen-bond donors (Lipinski definition) is 0. The monoisotopic (exact) mass is 275 g/mol. The fourth-order valence-electron chi connectivity index (χ4n) is 3.14. The van der Waals surface area contributed by atoms with Crippen LogP contribution < -0.4 is 0 Å². The van der Waals surface area contributed by atoms with Crippen LogP contribution >= 0.6 is 0 Å². The quantitative estimate of drug-likeness (QED) is 0.559. The van der Waals surface area contributed by atoms with E-state index in [0.717, 1.165) is 0 Å². The molecule has 0 amide bonds. The summed E-state index contributed by atoms with van der Waals surface area (Å²) in [6.45, 7) is 14.4. The van der Waals surface area contributed by atoms with E-state index in [0.29, 0.717) is 0 Å². The van der Waals surface area contributed by atoms with Gasteiger partial charge in [-0.1, -0.05) is 0 Å². The van der Waals surface area contributed by atoms with Crippen molar-refractivity contribution in [1.29, 1.82) is 0 Å². The van der Waals surface area contributed by atoms with Gasteiger partial charge in [0.05, 0.1) is 0 Å². The van der Waals surface area contributed by atoms with E-state index in [1.54, 1.807) is 15.8 Å². The van der Waals surface area contributed by atoms with Gasteiger partial charge in [-0.3, -0.25) is 0 Å². The van der Waals surface area contributed by atoms with Crippen molar-refractivity contribution >= 4 is 13.5 Å². The van der Waals surface area contributed by atoms with Crippen LogP contribution in [0.2, 0.25) is 15.8 Å². The molecule has 1 nitrogen and oxygen atoms in total. The third-order valence-electron chi connectivity index (χ3n) is 3.58. The van der Waals surface area contributed by atoms with Gasteiger partial charge in [0.1, 0.15) is 0 Å². The van der Waals surface area contributed by atoms with E-state index in [-0.39, 0.29) is 0 Å².